The van der Waals surface area contributed by atoms with Crippen molar-refractivity contribution in [1.82, 2.24) is 24.5 Å². The molecule has 6 heterocycles. The van der Waals surface area contributed by atoms with Crippen LogP contribution in [-0.4, -0.2) is 47.6 Å². The Morgan fingerprint density at radius 3 is 1.59 bits per heavy atom. The number of aromatic amines is 1. The minimum absolute atomic E-state index is 0. The molecule has 8 bridgehead atoms. The Labute approximate surface area is 361 Å². The fourth-order valence-electron chi connectivity index (χ4n) is 7.83. The first-order valence-corrected chi connectivity index (χ1v) is 19.4. The zero-order chi connectivity index (χ0) is 38.7. The molecule has 1 N–H and O–H groups in total. The second kappa shape index (κ2) is 16.8. The van der Waals surface area contributed by atoms with Gasteiger partial charge in [-0.15, -0.1) is 0 Å². The average Bonchev–Trinajstić information content (AvgIpc) is 4.10. The first kappa shape index (κ1) is 37.5. The summed E-state index contributed by atoms with van der Waals surface area (Å²) in [7, 11) is 0. The molecule has 0 saturated carbocycles. The molecule has 2 aliphatic heterocycles. The van der Waals surface area contributed by atoms with Crippen LogP contribution in [0.5, 0.6) is 0 Å². The Balaban J connectivity index is 0.000000379. The maximum Gasteiger partial charge on any atom is 2.00 e. The molecule has 4 aromatic heterocycles. The number of pyridine rings is 1. The Hall–Kier alpha value is -7.12. The zero-order valence-corrected chi connectivity index (χ0v) is 33.7. The number of fused-ring (bicyclic) bond motifs is 9. The maximum absolute atomic E-state index is 5.29. The smallest absolute Gasteiger partial charge is 1.00 e. The van der Waals surface area contributed by atoms with E-state index in [0.717, 1.165) is 89.4 Å². The first-order chi connectivity index (χ1) is 28.7. The first-order valence-electron chi connectivity index (χ1n) is 19.4. The average molecular weight is 770 g/mol. The van der Waals surface area contributed by atoms with Crippen LogP contribution in [0.2, 0.25) is 0 Å². The van der Waals surface area contributed by atoms with Gasteiger partial charge in [-0.25, -0.2) is 9.97 Å². The molecule has 0 radical (unpaired) electrons. The van der Waals surface area contributed by atoms with Gasteiger partial charge in [0.15, 0.2) is 0 Å². The van der Waals surface area contributed by atoms with Gasteiger partial charge in [-0.1, -0.05) is 133 Å². The molecule has 11 rings (SSSR count). The molecule has 0 spiro atoms. The monoisotopic (exact) mass is 769 g/mol. The van der Waals surface area contributed by atoms with Crippen molar-refractivity contribution in [3.8, 4) is 39.1 Å². The van der Waals surface area contributed by atoms with Gasteiger partial charge >= 0.3 is 23.1 Å². The number of aromatic nitrogens is 5. The number of H-pyrrole nitrogens is 1. The van der Waals surface area contributed by atoms with Gasteiger partial charge in [0.05, 0.1) is 39.3 Å². The van der Waals surface area contributed by atoms with Gasteiger partial charge in [-0.2, -0.15) is 0 Å². The van der Waals surface area contributed by atoms with Crippen molar-refractivity contribution in [2.45, 2.75) is 0 Å². The molecule has 5 aromatic carbocycles. The van der Waals surface area contributed by atoms with Gasteiger partial charge in [0.1, 0.15) is 0 Å². The number of benzene rings is 5. The van der Waals surface area contributed by atoms with Crippen molar-refractivity contribution in [3.05, 3.63) is 217 Å². The molecule has 0 unspecified atom stereocenters. The summed E-state index contributed by atoms with van der Waals surface area (Å²) in [6.07, 6.45) is 10.2. The fourth-order valence-corrected chi connectivity index (χ4v) is 7.83. The molecule has 2 aliphatic rings. The third kappa shape index (κ3) is 7.67. The van der Waals surface area contributed by atoms with Gasteiger partial charge in [0.25, 0.3) is 0 Å². The number of para-hydroxylation sites is 2. The van der Waals surface area contributed by atoms with Crippen molar-refractivity contribution in [3.63, 3.8) is 0 Å². The molecule has 0 saturated heterocycles. The van der Waals surface area contributed by atoms with Gasteiger partial charge in [0, 0.05) is 45.0 Å². The second-order valence-electron chi connectivity index (χ2n) is 14.2. The SMILES string of the molecule is C1=Cc2cc3c(-c4ccccc4)c(-c4ccccc4)c(c(-c4ccccc4)c4nc(cc5ccc(cc1n2)[nH]5)C=C4)n3-c1ccccc1.[H-].[H-].[Mg+2].c1ccc2ncccc2c1. The van der Waals surface area contributed by atoms with Crippen LogP contribution in [0.3, 0.4) is 0 Å². The van der Waals surface area contributed by atoms with Crippen molar-refractivity contribution in [1.29, 1.82) is 0 Å². The molecule has 0 amide bonds. The van der Waals surface area contributed by atoms with Crippen LogP contribution in [0, 0.1) is 0 Å². The Bertz CT molecular complexity index is 3100. The van der Waals surface area contributed by atoms with E-state index in [-0.39, 0.29) is 25.9 Å². The third-order valence-corrected chi connectivity index (χ3v) is 10.4. The summed E-state index contributed by atoms with van der Waals surface area (Å²) in [5.74, 6) is 0. The number of rotatable bonds is 4. The van der Waals surface area contributed by atoms with E-state index < -0.39 is 0 Å². The minimum atomic E-state index is 0. The van der Waals surface area contributed by atoms with E-state index in [0.29, 0.717) is 0 Å². The topological polar surface area (TPSA) is 59.4 Å². The summed E-state index contributed by atoms with van der Waals surface area (Å²) in [6, 6.07) is 65.4. The molecule has 278 valence electrons. The van der Waals surface area contributed by atoms with Crippen LogP contribution >= 0.6 is 0 Å². The van der Waals surface area contributed by atoms with Crippen molar-refractivity contribution in [2.75, 3.05) is 0 Å². The van der Waals surface area contributed by atoms with Crippen LogP contribution in [0.15, 0.2) is 194 Å². The predicted octanol–water partition coefficient (Wildman–Crippen LogP) is 13.2. The Kier molecular flexibility index (Phi) is 10.6. The van der Waals surface area contributed by atoms with Crippen LogP contribution in [0.25, 0.3) is 96.3 Å². The number of hydrogen-bond donors (Lipinski definition) is 1. The molecule has 0 aliphatic carbocycles. The Morgan fingerprint density at radius 2 is 0.949 bits per heavy atom. The van der Waals surface area contributed by atoms with Gasteiger partial charge < -0.3 is 12.4 Å². The normalized spacial score (nSPS) is 11.5. The summed E-state index contributed by atoms with van der Waals surface area (Å²) < 4.78 is 2.41. The number of hydrogen-bond acceptors (Lipinski definition) is 3. The van der Waals surface area contributed by atoms with E-state index in [1.807, 2.05) is 30.5 Å². The fraction of sp³-hybridized carbons (Fsp3) is 0. The van der Waals surface area contributed by atoms with Gasteiger partial charge in [-0.3, -0.25) is 4.98 Å². The zero-order valence-electron chi connectivity index (χ0n) is 34.3. The summed E-state index contributed by atoms with van der Waals surface area (Å²) >= 11 is 0. The van der Waals surface area contributed by atoms with Crippen molar-refractivity contribution >= 4 is 80.3 Å². The van der Waals surface area contributed by atoms with Gasteiger partial charge in [-0.05, 0) is 95.6 Å². The predicted molar refractivity (Wildman–Crippen MR) is 250 cm³/mol. The summed E-state index contributed by atoms with van der Waals surface area (Å²) in [6.45, 7) is 0. The molecule has 5 nitrogen and oxygen atoms in total. The molecule has 9 aromatic rings. The van der Waals surface area contributed by atoms with Gasteiger partial charge in [0.2, 0.25) is 0 Å². The Morgan fingerprint density at radius 1 is 0.441 bits per heavy atom. The number of nitrogens with zero attached hydrogens (tertiary/aromatic N) is 4. The standard InChI is InChI=1S/C44H30N4.C9H7N.Mg.2H/c1-5-13-30(14-6-1)41-39-26-25-36(47-39)28-35-22-21-33(45-35)27-34-23-24-37(46-34)29-40-42(31-15-7-2-8-16-31)43(32-17-9-3-10-18-32)44(41)48(40)38-19-11-4-12-20-38;1-2-6-9-8(4-1)5-3-7-10-9;;;/h1-29,45H;1-7H;;;/q;;+2;2*-1. The molecular weight excluding hydrogens is 731 g/mol. The summed E-state index contributed by atoms with van der Waals surface area (Å²) in [4.78, 5) is 18.1. The quantitative estimate of drug-likeness (QED) is 0.181. The molecule has 0 atom stereocenters. The van der Waals surface area contributed by atoms with E-state index in [2.05, 4.69) is 203 Å². The third-order valence-electron chi connectivity index (χ3n) is 10.4. The van der Waals surface area contributed by atoms with Crippen molar-refractivity contribution < 1.29 is 2.85 Å². The van der Waals surface area contributed by atoms with Crippen molar-refractivity contribution in [2.24, 2.45) is 0 Å². The van der Waals surface area contributed by atoms with E-state index in [1.54, 1.807) is 0 Å². The van der Waals surface area contributed by atoms with E-state index in [1.165, 1.54) is 5.39 Å². The van der Waals surface area contributed by atoms with Crippen LogP contribution in [-0.2, 0) is 0 Å². The number of nitrogens with one attached hydrogen (secondary N) is 1. The summed E-state index contributed by atoms with van der Waals surface area (Å²) in [5, 5.41) is 1.20. The van der Waals surface area contributed by atoms with E-state index >= 15 is 0 Å². The summed E-state index contributed by atoms with van der Waals surface area (Å²) in [5.41, 5.74) is 16.5. The molecule has 59 heavy (non-hydrogen) atoms. The van der Waals surface area contributed by atoms with E-state index in [4.69, 9.17) is 9.97 Å². The van der Waals surface area contributed by atoms with Crippen LogP contribution < -0.4 is 0 Å². The van der Waals surface area contributed by atoms with Crippen LogP contribution in [0.1, 0.15) is 25.6 Å². The minimum Gasteiger partial charge on any atom is -1.00 e. The largest absolute Gasteiger partial charge is 2.00 e. The maximum atomic E-state index is 5.29. The van der Waals surface area contributed by atoms with E-state index in [9.17, 15) is 0 Å². The van der Waals surface area contributed by atoms with Crippen LogP contribution in [0.4, 0.5) is 0 Å². The molecule has 6 heteroatoms. The molecular formula is C53H39MgN5. The molecule has 0 fully saturated rings. The second-order valence-corrected chi connectivity index (χ2v) is 14.2.